The van der Waals surface area contributed by atoms with Crippen molar-refractivity contribution in [1.29, 1.82) is 0 Å². The molecule has 2 aromatic rings. The van der Waals surface area contributed by atoms with Crippen molar-refractivity contribution < 1.29 is 0 Å². The third-order valence-electron chi connectivity index (χ3n) is 3.44. The van der Waals surface area contributed by atoms with E-state index in [9.17, 15) is 0 Å². The molecule has 21 heavy (non-hydrogen) atoms. The topological polar surface area (TPSA) is 55.6 Å². The molecule has 2 rings (SSSR count). The molecule has 0 unspecified atom stereocenters. The highest BCUT2D eigenvalue weighted by molar-refractivity contribution is 9.10. The zero-order chi connectivity index (χ0) is 15.6. The van der Waals surface area contributed by atoms with E-state index in [0.717, 1.165) is 46.0 Å². The lowest BCUT2D eigenvalue weighted by Crippen LogP contribution is -2.08. The lowest BCUT2D eigenvalue weighted by atomic mass is 10.1. The van der Waals surface area contributed by atoms with Crippen LogP contribution in [0.15, 0.2) is 10.7 Å². The van der Waals surface area contributed by atoms with Crippen LogP contribution >= 0.6 is 15.9 Å². The summed E-state index contributed by atoms with van der Waals surface area (Å²) < 4.78 is 2.80. The highest BCUT2D eigenvalue weighted by Gasteiger charge is 2.18. The van der Waals surface area contributed by atoms with Gasteiger partial charge in [-0.25, -0.2) is 9.97 Å². The van der Waals surface area contributed by atoms with Gasteiger partial charge in [-0.05, 0) is 35.2 Å². The smallest absolute Gasteiger partial charge is 0.165 e. The minimum absolute atomic E-state index is 0.320. The van der Waals surface area contributed by atoms with Crippen LogP contribution in [-0.2, 0) is 7.05 Å². The van der Waals surface area contributed by atoms with E-state index in [2.05, 4.69) is 52.1 Å². The van der Waals surface area contributed by atoms with Crippen molar-refractivity contribution in [3.63, 3.8) is 0 Å². The normalized spacial score (nSPS) is 11.2. The molecule has 114 valence electrons. The molecule has 0 saturated heterocycles. The van der Waals surface area contributed by atoms with Gasteiger partial charge in [-0.2, -0.15) is 5.10 Å². The number of hydrogen-bond acceptors (Lipinski definition) is 4. The average molecular weight is 352 g/mol. The van der Waals surface area contributed by atoms with E-state index in [1.165, 1.54) is 0 Å². The van der Waals surface area contributed by atoms with Gasteiger partial charge < -0.3 is 5.32 Å². The molecular formula is C15H22BrN5. The predicted octanol–water partition coefficient (Wildman–Crippen LogP) is 3.89. The van der Waals surface area contributed by atoms with Crippen LogP contribution in [0, 0.1) is 6.92 Å². The Kier molecular flexibility index (Phi) is 4.98. The number of halogens is 1. The third kappa shape index (κ3) is 3.26. The summed E-state index contributed by atoms with van der Waals surface area (Å²) in [5, 5.41) is 7.65. The largest absolute Gasteiger partial charge is 0.369 e. The fourth-order valence-electron chi connectivity index (χ4n) is 2.05. The molecule has 0 saturated carbocycles. The molecule has 1 N–H and O–H groups in total. The van der Waals surface area contributed by atoms with Crippen LogP contribution in [0.25, 0.3) is 11.4 Å². The summed E-state index contributed by atoms with van der Waals surface area (Å²) in [5.74, 6) is 1.90. The van der Waals surface area contributed by atoms with Crippen molar-refractivity contribution in [2.45, 2.75) is 40.0 Å². The molecule has 0 spiro atoms. The number of nitrogens with one attached hydrogen (secondary N) is 1. The first-order valence-corrected chi connectivity index (χ1v) is 8.05. The maximum absolute atomic E-state index is 4.73. The van der Waals surface area contributed by atoms with Crippen LogP contribution in [0.4, 0.5) is 5.82 Å². The quantitative estimate of drug-likeness (QED) is 0.887. The molecular weight excluding hydrogens is 330 g/mol. The van der Waals surface area contributed by atoms with E-state index in [0.29, 0.717) is 5.92 Å². The van der Waals surface area contributed by atoms with Crippen LogP contribution < -0.4 is 5.32 Å². The molecule has 0 aliphatic carbocycles. The monoisotopic (exact) mass is 351 g/mol. The van der Waals surface area contributed by atoms with Gasteiger partial charge in [0.05, 0.1) is 21.9 Å². The second-order valence-corrected chi connectivity index (χ2v) is 6.24. The minimum Gasteiger partial charge on any atom is -0.369 e. The Morgan fingerprint density at radius 2 is 2.05 bits per heavy atom. The van der Waals surface area contributed by atoms with Gasteiger partial charge in [0, 0.05) is 19.3 Å². The summed E-state index contributed by atoms with van der Waals surface area (Å²) in [6, 6.07) is 0. The second kappa shape index (κ2) is 6.56. The molecule has 0 aliphatic heterocycles. The van der Waals surface area contributed by atoms with E-state index in [1.807, 2.05) is 24.9 Å². The van der Waals surface area contributed by atoms with Crippen LogP contribution in [0.5, 0.6) is 0 Å². The van der Waals surface area contributed by atoms with Gasteiger partial charge >= 0.3 is 0 Å². The Bertz CT molecular complexity index is 633. The van der Waals surface area contributed by atoms with Gasteiger partial charge in [0.2, 0.25) is 0 Å². The molecule has 5 nitrogen and oxygen atoms in total. The highest BCUT2D eigenvalue weighted by Crippen LogP contribution is 2.32. The van der Waals surface area contributed by atoms with Crippen molar-refractivity contribution in [2.24, 2.45) is 7.05 Å². The Morgan fingerprint density at radius 3 is 2.57 bits per heavy atom. The average Bonchev–Trinajstić information content (AvgIpc) is 2.78. The summed E-state index contributed by atoms with van der Waals surface area (Å²) >= 11 is 3.63. The van der Waals surface area contributed by atoms with E-state index in [1.54, 1.807) is 0 Å². The van der Waals surface area contributed by atoms with E-state index < -0.39 is 0 Å². The summed E-state index contributed by atoms with van der Waals surface area (Å²) in [7, 11) is 1.93. The van der Waals surface area contributed by atoms with Crippen molar-refractivity contribution in [3.8, 4) is 11.4 Å². The van der Waals surface area contributed by atoms with Crippen LogP contribution in [0.3, 0.4) is 0 Å². The van der Waals surface area contributed by atoms with Gasteiger partial charge in [-0.3, -0.25) is 4.68 Å². The Hall–Kier alpha value is -1.43. The van der Waals surface area contributed by atoms with Gasteiger partial charge in [0.15, 0.2) is 5.82 Å². The maximum Gasteiger partial charge on any atom is 0.165 e. The Morgan fingerprint density at radius 1 is 1.33 bits per heavy atom. The molecule has 0 atom stereocenters. The number of rotatable bonds is 5. The summed E-state index contributed by atoms with van der Waals surface area (Å²) in [6.45, 7) is 9.32. The standard InChI is InChI=1S/C15H22BrN5/c1-6-7-17-15-12(16)13(9(2)3)19-14(20-15)11-8-18-21(5)10(11)4/h8-9H,6-7H2,1-5H3,(H,17,19,20). The number of nitrogens with zero attached hydrogens (tertiary/aromatic N) is 4. The van der Waals surface area contributed by atoms with Crippen molar-refractivity contribution in [3.05, 3.63) is 22.1 Å². The molecule has 0 aliphatic rings. The van der Waals surface area contributed by atoms with Crippen LogP contribution in [-0.4, -0.2) is 26.3 Å². The molecule has 0 fully saturated rings. The maximum atomic E-state index is 4.73. The highest BCUT2D eigenvalue weighted by atomic mass is 79.9. The van der Waals surface area contributed by atoms with Crippen molar-refractivity contribution >= 4 is 21.7 Å². The summed E-state index contributed by atoms with van der Waals surface area (Å²) in [5.41, 5.74) is 3.06. The summed E-state index contributed by atoms with van der Waals surface area (Å²) in [6.07, 6.45) is 2.88. The first-order valence-electron chi connectivity index (χ1n) is 7.26. The molecule has 0 aromatic carbocycles. The first kappa shape index (κ1) is 15.9. The van der Waals surface area contributed by atoms with E-state index >= 15 is 0 Å². The zero-order valence-corrected chi connectivity index (χ0v) is 14.8. The number of aryl methyl sites for hydroxylation is 1. The number of hydrogen-bond donors (Lipinski definition) is 1. The Balaban J connectivity index is 2.56. The third-order valence-corrected chi connectivity index (χ3v) is 4.22. The fraction of sp³-hybridized carbons (Fsp3) is 0.533. The molecule has 2 heterocycles. The molecule has 0 amide bonds. The molecule has 0 bridgehead atoms. The lowest BCUT2D eigenvalue weighted by Gasteiger charge is -2.14. The minimum atomic E-state index is 0.320. The van der Waals surface area contributed by atoms with Gasteiger partial charge in [0.25, 0.3) is 0 Å². The van der Waals surface area contributed by atoms with Crippen LogP contribution in [0.1, 0.15) is 44.5 Å². The lowest BCUT2D eigenvalue weighted by molar-refractivity contribution is 0.740. The predicted molar refractivity (Wildman–Crippen MR) is 89.5 cm³/mol. The molecule has 2 aromatic heterocycles. The fourth-order valence-corrected chi connectivity index (χ4v) is 2.82. The van der Waals surface area contributed by atoms with Gasteiger partial charge in [-0.15, -0.1) is 0 Å². The SMILES string of the molecule is CCCNc1nc(-c2cnn(C)c2C)nc(C(C)C)c1Br. The van der Waals surface area contributed by atoms with Crippen molar-refractivity contribution in [1.82, 2.24) is 19.7 Å². The molecule has 6 heteroatoms. The van der Waals surface area contributed by atoms with Gasteiger partial charge in [-0.1, -0.05) is 20.8 Å². The van der Waals surface area contributed by atoms with Crippen molar-refractivity contribution in [2.75, 3.05) is 11.9 Å². The van der Waals surface area contributed by atoms with Crippen LogP contribution in [0.2, 0.25) is 0 Å². The molecule has 0 radical (unpaired) electrons. The van der Waals surface area contributed by atoms with E-state index in [4.69, 9.17) is 4.98 Å². The number of anilines is 1. The van der Waals surface area contributed by atoms with E-state index in [-0.39, 0.29) is 0 Å². The Labute approximate surface area is 134 Å². The summed E-state index contributed by atoms with van der Waals surface area (Å²) in [4.78, 5) is 9.41. The zero-order valence-electron chi connectivity index (χ0n) is 13.2. The van der Waals surface area contributed by atoms with Gasteiger partial charge in [0.1, 0.15) is 5.82 Å². The number of aromatic nitrogens is 4. The first-order chi connectivity index (χ1) is 9.95. The second-order valence-electron chi connectivity index (χ2n) is 5.44.